The highest BCUT2D eigenvalue weighted by Gasteiger charge is 2.41. The number of carbonyl (C=O) groups is 2. The highest BCUT2D eigenvalue weighted by molar-refractivity contribution is 6.48. The molecule has 0 atom stereocenters. The van der Waals surface area contributed by atoms with Gasteiger partial charge in [0.2, 0.25) is 0 Å². The number of benzene rings is 3. The van der Waals surface area contributed by atoms with Gasteiger partial charge < -0.3 is 15.0 Å². The minimum Gasteiger partial charge on any atom is -0.497 e. The molecule has 0 aromatic heterocycles. The molecule has 0 radical (unpaired) electrons. The van der Waals surface area contributed by atoms with E-state index in [0.717, 1.165) is 10.6 Å². The van der Waals surface area contributed by atoms with Gasteiger partial charge in [-0.1, -0.05) is 35.9 Å². The van der Waals surface area contributed by atoms with E-state index in [1.165, 1.54) is 0 Å². The molecule has 6 nitrogen and oxygen atoms in total. The van der Waals surface area contributed by atoms with Gasteiger partial charge in [-0.25, -0.2) is 4.90 Å². The number of nitrogens with zero attached hydrogens (tertiary/aromatic N) is 2. The number of anilines is 3. The number of halogens is 1. The van der Waals surface area contributed by atoms with Crippen molar-refractivity contribution in [3.05, 3.63) is 89.1 Å². The van der Waals surface area contributed by atoms with Crippen molar-refractivity contribution >= 4 is 46.1 Å². The third-order valence-electron chi connectivity index (χ3n) is 5.21. The van der Waals surface area contributed by atoms with E-state index in [2.05, 4.69) is 5.32 Å². The lowest BCUT2D eigenvalue weighted by molar-refractivity contribution is -0.120. The lowest BCUT2D eigenvalue weighted by Crippen LogP contribution is -2.32. The van der Waals surface area contributed by atoms with E-state index in [0.29, 0.717) is 27.7 Å². The van der Waals surface area contributed by atoms with E-state index in [9.17, 15) is 9.59 Å². The van der Waals surface area contributed by atoms with Crippen molar-refractivity contribution in [1.82, 2.24) is 0 Å². The van der Waals surface area contributed by atoms with Gasteiger partial charge in [-0.05, 0) is 54.1 Å². The maximum absolute atomic E-state index is 13.5. The molecule has 1 aliphatic rings. The molecule has 0 saturated heterocycles. The molecule has 1 aliphatic heterocycles. The minimum absolute atomic E-state index is 0.192. The summed E-state index contributed by atoms with van der Waals surface area (Å²) in [6.07, 6.45) is 0. The summed E-state index contributed by atoms with van der Waals surface area (Å²) >= 11 is 6.32. The van der Waals surface area contributed by atoms with Crippen LogP contribution >= 0.6 is 11.6 Å². The van der Waals surface area contributed by atoms with Crippen LogP contribution in [0.3, 0.4) is 0 Å². The summed E-state index contributed by atoms with van der Waals surface area (Å²) < 4.78 is 5.22. The molecule has 0 saturated carbocycles. The number of para-hydroxylation sites is 1. The molecule has 0 spiro atoms. The van der Waals surface area contributed by atoms with Gasteiger partial charge in [-0.15, -0.1) is 0 Å². The van der Waals surface area contributed by atoms with Gasteiger partial charge in [-0.3, -0.25) is 9.59 Å². The number of hydrogen-bond donors (Lipinski definition) is 1. The van der Waals surface area contributed by atoms with Crippen LogP contribution in [-0.4, -0.2) is 33.0 Å². The standard InChI is InChI=1S/C25H22ClN3O3/c1-28(2)18-12-10-17(11-13-18)27-23-22(16-8-14-19(32-3)15-9-16)24(30)29(25(23)31)21-7-5-4-6-20(21)26/h4-15,27H,1-3H3. The number of ether oxygens (including phenoxy) is 1. The normalized spacial score (nSPS) is 13.6. The van der Waals surface area contributed by atoms with E-state index < -0.39 is 11.8 Å². The Kier molecular flexibility index (Phi) is 5.88. The average Bonchev–Trinajstić information content (AvgIpc) is 3.04. The highest BCUT2D eigenvalue weighted by Crippen LogP contribution is 2.37. The molecule has 3 aromatic rings. The Morgan fingerprint density at radius 1 is 0.875 bits per heavy atom. The van der Waals surface area contributed by atoms with Gasteiger partial charge in [-0.2, -0.15) is 0 Å². The smallest absolute Gasteiger partial charge is 0.282 e. The lowest BCUT2D eigenvalue weighted by Gasteiger charge is -2.17. The Morgan fingerprint density at radius 3 is 2.12 bits per heavy atom. The summed E-state index contributed by atoms with van der Waals surface area (Å²) in [5.41, 5.74) is 3.12. The average molecular weight is 448 g/mol. The first-order valence-electron chi connectivity index (χ1n) is 9.97. The fourth-order valence-corrected chi connectivity index (χ4v) is 3.73. The molecule has 4 rings (SSSR count). The molecular weight excluding hydrogens is 426 g/mol. The summed E-state index contributed by atoms with van der Waals surface area (Å²) in [6, 6.07) is 21.4. The first-order valence-corrected chi connectivity index (χ1v) is 10.3. The van der Waals surface area contributed by atoms with Crippen LogP contribution in [0.25, 0.3) is 5.57 Å². The van der Waals surface area contributed by atoms with E-state index in [1.54, 1.807) is 55.6 Å². The molecular formula is C25H22ClN3O3. The minimum atomic E-state index is -0.467. The van der Waals surface area contributed by atoms with Crippen LogP contribution in [0.1, 0.15) is 5.56 Å². The summed E-state index contributed by atoms with van der Waals surface area (Å²) in [4.78, 5) is 30.0. The molecule has 1 N–H and O–H groups in total. The molecule has 1 heterocycles. The molecule has 2 amide bonds. The van der Waals surface area contributed by atoms with Crippen molar-refractivity contribution in [1.29, 1.82) is 0 Å². The predicted octanol–water partition coefficient (Wildman–Crippen LogP) is 4.81. The quantitative estimate of drug-likeness (QED) is 0.549. The zero-order valence-corrected chi connectivity index (χ0v) is 18.7. The molecule has 32 heavy (non-hydrogen) atoms. The number of nitrogens with one attached hydrogen (secondary N) is 1. The van der Waals surface area contributed by atoms with Crippen LogP contribution in [0.2, 0.25) is 5.02 Å². The van der Waals surface area contributed by atoms with E-state index in [-0.39, 0.29) is 11.3 Å². The second kappa shape index (κ2) is 8.77. The second-order valence-corrected chi connectivity index (χ2v) is 7.85. The van der Waals surface area contributed by atoms with Gasteiger partial charge in [0, 0.05) is 25.5 Å². The van der Waals surface area contributed by atoms with E-state index >= 15 is 0 Å². The largest absolute Gasteiger partial charge is 0.497 e. The SMILES string of the molecule is COc1ccc(C2=C(Nc3ccc(N(C)C)cc3)C(=O)N(c3ccccc3Cl)C2=O)cc1. The Morgan fingerprint density at radius 2 is 1.53 bits per heavy atom. The molecule has 0 bridgehead atoms. The first kappa shape index (κ1) is 21.5. The van der Waals surface area contributed by atoms with Crippen LogP contribution in [0, 0.1) is 0 Å². The Balaban J connectivity index is 1.79. The van der Waals surface area contributed by atoms with Gasteiger partial charge in [0.25, 0.3) is 11.8 Å². The maximum Gasteiger partial charge on any atom is 0.282 e. The Labute approximate surface area is 191 Å². The Bertz CT molecular complexity index is 1200. The fourth-order valence-electron chi connectivity index (χ4n) is 3.51. The molecule has 0 fully saturated rings. The zero-order chi connectivity index (χ0) is 22.8. The number of amides is 2. The predicted molar refractivity (Wildman–Crippen MR) is 128 cm³/mol. The monoisotopic (exact) mass is 447 g/mol. The van der Waals surface area contributed by atoms with Gasteiger partial charge in [0.05, 0.1) is 23.4 Å². The summed E-state index contributed by atoms with van der Waals surface area (Å²) in [7, 11) is 5.48. The van der Waals surface area contributed by atoms with Gasteiger partial charge >= 0.3 is 0 Å². The van der Waals surface area contributed by atoms with Crippen LogP contribution in [0.5, 0.6) is 5.75 Å². The summed E-state index contributed by atoms with van der Waals surface area (Å²) in [6.45, 7) is 0. The first-order chi connectivity index (χ1) is 15.4. The van der Waals surface area contributed by atoms with Crippen molar-refractivity contribution in [2.24, 2.45) is 0 Å². The topological polar surface area (TPSA) is 61.9 Å². The molecule has 0 aliphatic carbocycles. The van der Waals surface area contributed by atoms with Crippen LogP contribution < -0.4 is 19.9 Å². The number of imide groups is 1. The fraction of sp³-hybridized carbons (Fsp3) is 0.120. The van der Waals surface area contributed by atoms with E-state index in [1.807, 2.05) is 43.3 Å². The number of hydrogen-bond acceptors (Lipinski definition) is 5. The summed E-state index contributed by atoms with van der Waals surface area (Å²) in [5, 5.41) is 3.48. The lowest BCUT2D eigenvalue weighted by atomic mass is 10.0. The number of carbonyl (C=O) groups excluding carboxylic acids is 2. The van der Waals surface area contributed by atoms with Crippen molar-refractivity contribution in [2.75, 3.05) is 36.3 Å². The van der Waals surface area contributed by atoms with Crippen molar-refractivity contribution in [2.45, 2.75) is 0 Å². The van der Waals surface area contributed by atoms with Gasteiger partial charge in [0.1, 0.15) is 11.4 Å². The van der Waals surface area contributed by atoms with E-state index in [4.69, 9.17) is 16.3 Å². The summed E-state index contributed by atoms with van der Waals surface area (Å²) in [5.74, 6) is -0.255. The zero-order valence-electron chi connectivity index (χ0n) is 17.9. The van der Waals surface area contributed by atoms with Crippen molar-refractivity contribution in [3.8, 4) is 5.75 Å². The van der Waals surface area contributed by atoms with Crippen molar-refractivity contribution in [3.63, 3.8) is 0 Å². The van der Waals surface area contributed by atoms with Crippen LogP contribution in [0.15, 0.2) is 78.5 Å². The van der Waals surface area contributed by atoms with Gasteiger partial charge in [0.15, 0.2) is 0 Å². The van der Waals surface area contributed by atoms with Crippen LogP contribution in [-0.2, 0) is 9.59 Å². The highest BCUT2D eigenvalue weighted by atomic mass is 35.5. The number of rotatable bonds is 6. The molecule has 162 valence electrons. The third-order valence-corrected chi connectivity index (χ3v) is 5.53. The number of methoxy groups -OCH3 is 1. The molecule has 7 heteroatoms. The second-order valence-electron chi connectivity index (χ2n) is 7.44. The Hall–Kier alpha value is -3.77. The van der Waals surface area contributed by atoms with Crippen molar-refractivity contribution < 1.29 is 14.3 Å². The maximum atomic E-state index is 13.5. The molecule has 3 aromatic carbocycles. The third kappa shape index (κ3) is 3.92. The molecule has 0 unspecified atom stereocenters. The van der Waals surface area contributed by atoms with Crippen LogP contribution in [0.4, 0.5) is 17.1 Å².